The van der Waals surface area contributed by atoms with Gasteiger partial charge in [-0.1, -0.05) is 30.9 Å². The summed E-state index contributed by atoms with van der Waals surface area (Å²) >= 11 is 3.94. The summed E-state index contributed by atoms with van der Waals surface area (Å²) in [5.74, 6) is 0.743. The van der Waals surface area contributed by atoms with Crippen molar-refractivity contribution in [3.8, 4) is 5.75 Å². The van der Waals surface area contributed by atoms with E-state index >= 15 is 0 Å². The Morgan fingerprint density at radius 1 is 1.38 bits per heavy atom. The fraction of sp³-hybridized carbons (Fsp3) is 0.333. The highest BCUT2D eigenvalue weighted by molar-refractivity contribution is 7.80. The van der Waals surface area contributed by atoms with E-state index in [0.717, 1.165) is 0 Å². The monoisotopic (exact) mass is 240 g/mol. The molecule has 0 radical (unpaired) electrons. The molecule has 3 nitrogen and oxygen atoms in total. The van der Waals surface area contributed by atoms with Crippen LogP contribution in [0.5, 0.6) is 5.75 Å². The molecule has 2 N–H and O–H groups in total. The van der Waals surface area contributed by atoms with Crippen molar-refractivity contribution < 1.29 is 14.9 Å². The van der Waals surface area contributed by atoms with Crippen LogP contribution in [0.2, 0.25) is 0 Å². The van der Waals surface area contributed by atoms with Gasteiger partial charge in [-0.25, -0.2) is 0 Å². The van der Waals surface area contributed by atoms with Gasteiger partial charge in [-0.15, -0.1) is 0 Å². The normalized spacial score (nSPS) is 14.2. The molecule has 0 fully saturated rings. The molecule has 16 heavy (non-hydrogen) atoms. The summed E-state index contributed by atoms with van der Waals surface area (Å²) in [6, 6.07) is 7.05. The van der Waals surface area contributed by atoms with Crippen molar-refractivity contribution in [3.05, 3.63) is 42.5 Å². The quantitative estimate of drug-likeness (QED) is 0.522. The van der Waals surface area contributed by atoms with Crippen LogP contribution in [0, 0.1) is 0 Å². The molecule has 88 valence electrons. The lowest BCUT2D eigenvalue weighted by Gasteiger charge is -2.19. The van der Waals surface area contributed by atoms with Crippen LogP contribution in [0.15, 0.2) is 36.9 Å². The van der Waals surface area contributed by atoms with Gasteiger partial charge in [0.05, 0.1) is 6.10 Å². The van der Waals surface area contributed by atoms with E-state index in [0.29, 0.717) is 17.9 Å². The molecule has 0 saturated heterocycles. The minimum atomic E-state index is -0.987. The van der Waals surface area contributed by atoms with Crippen LogP contribution in [0.4, 0.5) is 0 Å². The maximum atomic E-state index is 9.86. The molecule has 0 spiro atoms. The van der Waals surface area contributed by atoms with E-state index in [1.807, 2.05) is 6.07 Å². The predicted molar refractivity (Wildman–Crippen MR) is 67.0 cm³/mol. The average molecular weight is 240 g/mol. The van der Waals surface area contributed by atoms with E-state index in [2.05, 4.69) is 19.2 Å². The summed E-state index contributed by atoms with van der Waals surface area (Å²) in [6.07, 6.45) is -0.270. The Labute approximate surface area is 101 Å². The lowest BCUT2D eigenvalue weighted by molar-refractivity contribution is 0.0320. The Morgan fingerprint density at radius 2 is 2.06 bits per heavy atom. The first-order valence-corrected chi connectivity index (χ1v) is 5.63. The van der Waals surface area contributed by atoms with Crippen LogP contribution in [0.1, 0.15) is 11.7 Å². The lowest BCUT2D eigenvalue weighted by Crippen LogP contribution is -2.20. The van der Waals surface area contributed by atoms with E-state index in [4.69, 9.17) is 4.74 Å². The first-order chi connectivity index (χ1) is 7.70. The Morgan fingerprint density at radius 3 is 2.69 bits per heavy atom. The third-order valence-corrected chi connectivity index (χ3v) is 2.52. The number of benzene rings is 1. The molecule has 0 aliphatic carbocycles. The van der Waals surface area contributed by atoms with Crippen molar-refractivity contribution in [3.63, 3.8) is 0 Å². The number of ether oxygens (including phenoxy) is 1. The van der Waals surface area contributed by atoms with Gasteiger partial charge in [0.15, 0.2) is 0 Å². The van der Waals surface area contributed by atoms with E-state index in [1.54, 1.807) is 24.3 Å². The molecule has 2 unspecified atom stereocenters. The Bertz CT molecular complexity index is 341. The molecule has 4 heteroatoms. The van der Waals surface area contributed by atoms with Crippen molar-refractivity contribution in [2.24, 2.45) is 0 Å². The van der Waals surface area contributed by atoms with Gasteiger partial charge in [-0.3, -0.25) is 0 Å². The lowest BCUT2D eigenvalue weighted by atomic mass is 10.0. The zero-order chi connectivity index (χ0) is 12.0. The smallest absolute Gasteiger partial charge is 0.125 e. The van der Waals surface area contributed by atoms with Gasteiger partial charge in [-0.2, -0.15) is 12.6 Å². The maximum absolute atomic E-state index is 9.86. The molecular formula is C12H16O3S. The summed E-state index contributed by atoms with van der Waals surface area (Å²) < 4.78 is 5.39. The molecule has 1 aromatic rings. The second-order valence-electron chi connectivity index (χ2n) is 3.33. The van der Waals surface area contributed by atoms with Crippen LogP contribution < -0.4 is 4.74 Å². The van der Waals surface area contributed by atoms with Crippen molar-refractivity contribution >= 4 is 12.6 Å². The molecule has 0 saturated carbocycles. The number of aliphatic hydroxyl groups is 2. The van der Waals surface area contributed by atoms with Gasteiger partial charge in [0.1, 0.15) is 18.5 Å². The third kappa shape index (κ3) is 3.27. The Balaban J connectivity index is 2.88. The molecule has 2 atom stereocenters. The Kier molecular flexibility index (Phi) is 5.38. The molecule has 0 aromatic heterocycles. The van der Waals surface area contributed by atoms with Gasteiger partial charge in [0.25, 0.3) is 0 Å². The molecule has 0 heterocycles. The maximum Gasteiger partial charge on any atom is 0.125 e. The molecule has 0 aliphatic heterocycles. The minimum Gasteiger partial charge on any atom is -0.489 e. The van der Waals surface area contributed by atoms with Crippen LogP contribution >= 0.6 is 12.6 Å². The third-order valence-electron chi connectivity index (χ3n) is 2.15. The van der Waals surface area contributed by atoms with E-state index in [9.17, 15) is 10.2 Å². The van der Waals surface area contributed by atoms with Crippen LogP contribution in [0.25, 0.3) is 0 Å². The predicted octanol–water partition coefficient (Wildman–Crippen LogP) is 1.58. The highest BCUT2D eigenvalue weighted by Gasteiger charge is 2.20. The number of aliphatic hydroxyl groups excluding tert-OH is 2. The number of para-hydroxylation sites is 1. The SMILES string of the molecule is C=CCOc1ccccc1C(O)C(O)CS. The zero-order valence-corrected chi connectivity index (χ0v) is 9.81. The molecule has 0 bridgehead atoms. The second-order valence-corrected chi connectivity index (χ2v) is 3.70. The van der Waals surface area contributed by atoms with Gasteiger partial charge < -0.3 is 14.9 Å². The van der Waals surface area contributed by atoms with E-state index < -0.39 is 12.2 Å². The summed E-state index contributed by atoms with van der Waals surface area (Å²) in [5, 5.41) is 19.4. The van der Waals surface area contributed by atoms with Crippen molar-refractivity contribution in [1.29, 1.82) is 0 Å². The molecule has 1 aromatic carbocycles. The first kappa shape index (κ1) is 13.1. The molecule has 1 rings (SSSR count). The molecule has 0 amide bonds. The molecule has 0 aliphatic rings. The molecular weight excluding hydrogens is 224 g/mol. The number of thiol groups is 1. The van der Waals surface area contributed by atoms with Crippen LogP contribution in [0.3, 0.4) is 0 Å². The number of rotatable bonds is 6. The summed E-state index contributed by atoms with van der Waals surface area (Å²) in [6.45, 7) is 3.91. The van der Waals surface area contributed by atoms with Crippen LogP contribution in [-0.2, 0) is 0 Å². The van der Waals surface area contributed by atoms with Gasteiger partial charge >= 0.3 is 0 Å². The van der Waals surface area contributed by atoms with E-state index in [1.165, 1.54) is 0 Å². The standard InChI is InChI=1S/C12H16O3S/c1-2-7-15-11-6-4-3-5-9(11)12(14)10(13)8-16/h2-6,10,12-14,16H,1,7-8H2. The number of hydrogen-bond acceptors (Lipinski definition) is 4. The van der Waals surface area contributed by atoms with Crippen molar-refractivity contribution in [1.82, 2.24) is 0 Å². The minimum absolute atomic E-state index is 0.191. The van der Waals surface area contributed by atoms with Crippen molar-refractivity contribution in [2.45, 2.75) is 12.2 Å². The fourth-order valence-corrected chi connectivity index (χ4v) is 1.51. The van der Waals surface area contributed by atoms with Gasteiger partial charge in [-0.05, 0) is 6.07 Å². The van der Waals surface area contributed by atoms with E-state index in [-0.39, 0.29) is 5.75 Å². The summed E-state index contributed by atoms with van der Waals surface area (Å²) in [7, 11) is 0. The summed E-state index contributed by atoms with van der Waals surface area (Å²) in [5.41, 5.74) is 0.561. The fourth-order valence-electron chi connectivity index (χ4n) is 1.31. The largest absolute Gasteiger partial charge is 0.489 e. The van der Waals surface area contributed by atoms with Gasteiger partial charge in [0.2, 0.25) is 0 Å². The van der Waals surface area contributed by atoms with Gasteiger partial charge in [0, 0.05) is 11.3 Å². The summed E-state index contributed by atoms with van der Waals surface area (Å²) in [4.78, 5) is 0. The Hall–Kier alpha value is -0.970. The zero-order valence-electron chi connectivity index (χ0n) is 8.91. The second kappa shape index (κ2) is 6.58. The number of hydrogen-bond donors (Lipinski definition) is 3. The van der Waals surface area contributed by atoms with Crippen molar-refractivity contribution in [2.75, 3.05) is 12.4 Å². The average Bonchev–Trinajstić information content (AvgIpc) is 2.34. The highest BCUT2D eigenvalue weighted by Crippen LogP contribution is 2.27. The topological polar surface area (TPSA) is 49.7 Å². The first-order valence-electron chi connectivity index (χ1n) is 5.00. The van der Waals surface area contributed by atoms with Crippen LogP contribution in [-0.4, -0.2) is 28.7 Å². The highest BCUT2D eigenvalue weighted by atomic mass is 32.1.